The van der Waals surface area contributed by atoms with Crippen LogP contribution in [0, 0.1) is 17.8 Å². The molecule has 4 rings (SSSR count). The van der Waals surface area contributed by atoms with Crippen molar-refractivity contribution >= 4 is 15.9 Å². The summed E-state index contributed by atoms with van der Waals surface area (Å²) in [5.41, 5.74) is 0.438. The maximum atomic E-state index is 13.2. The van der Waals surface area contributed by atoms with Crippen LogP contribution in [-0.2, 0) is 10.0 Å². The van der Waals surface area contributed by atoms with Crippen LogP contribution in [0.5, 0.6) is 5.75 Å². The summed E-state index contributed by atoms with van der Waals surface area (Å²) in [5.74, 6) is 1.84. The van der Waals surface area contributed by atoms with Gasteiger partial charge in [0.25, 0.3) is 5.91 Å². The summed E-state index contributed by atoms with van der Waals surface area (Å²) in [6.07, 6.45) is 2.79. The van der Waals surface area contributed by atoms with Gasteiger partial charge in [-0.15, -0.1) is 0 Å². The Balaban J connectivity index is 1.37. The topological polar surface area (TPSA) is 66.9 Å². The monoisotopic (exact) mass is 470 g/mol. The third-order valence-electron chi connectivity index (χ3n) is 6.68. The molecule has 2 aliphatic heterocycles. The number of para-hydroxylation sites is 1. The molecule has 7 heteroatoms. The van der Waals surface area contributed by atoms with E-state index in [0.29, 0.717) is 56.1 Å². The Morgan fingerprint density at radius 2 is 1.64 bits per heavy atom. The van der Waals surface area contributed by atoms with Gasteiger partial charge in [0.1, 0.15) is 5.75 Å². The minimum Gasteiger partial charge on any atom is -0.493 e. The predicted octanol–water partition coefficient (Wildman–Crippen LogP) is 4.28. The molecular formula is C26H34N2O4S. The molecule has 0 spiro atoms. The molecule has 2 saturated heterocycles. The Kier molecular flexibility index (Phi) is 7.39. The smallest absolute Gasteiger partial charge is 0.253 e. The summed E-state index contributed by atoms with van der Waals surface area (Å²) >= 11 is 0. The fraction of sp³-hybridized carbons (Fsp3) is 0.500. The van der Waals surface area contributed by atoms with Crippen LogP contribution in [0.4, 0.5) is 0 Å². The van der Waals surface area contributed by atoms with E-state index in [9.17, 15) is 13.2 Å². The molecule has 2 heterocycles. The second-order valence-electron chi connectivity index (χ2n) is 9.66. The van der Waals surface area contributed by atoms with Crippen LogP contribution in [0.15, 0.2) is 59.5 Å². The Bertz CT molecular complexity index is 1040. The van der Waals surface area contributed by atoms with Gasteiger partial charge in [0.15, 0.2) is 0 Å². The molecule has 6 nitrogen and oxygen atoms in total. The quantitative estimate of drug-likeness (QED) is 0.632. The van der Waals surface area contributed by atoms with Crippen molar-refractivity contribution in [2.45, 2.75) is 38.0 Å². The first-order valence-electron chi connectivity index (χ1n) is 11.9. The summed E-state index contributed by atoms with van der Waals surface area (Å²) in [4.78, 5) is 15.2. The highest BCUT2D eigenvalue weighted by molar-refractivity contribution is 7.89. The van der Waals surface area contributed by atoms with Gasteiger partial charge in [-0.2, -0.15) is 4.31 Å². The Labute approximate surface area is 197 Å². The third kappa shape index (κ3) is 5.76. The molecule has 2 aromatic rings. The minimum absolute atomic E-state index is 0.102. The lowest BCUT2D eigenvalue weighted by Crippen LogP contribution is -2.42. The van der Waals surface area contributed by atoms with Gasteiger partial charge < -0.3 is 9.64 Å². The SMILES string of the molecule is CC1CC(C)CN(S(=O)(=O)c2cccc(C(=O)N3CCC(COc4ccccc4)CC3)c2)C1. The molecule has 178 valence electrons. The van der Waals surface area contributed by atoms with E-state index in [1.807, 2.05) is 35.2 Å². The molecule has 2 fully saturated rings. The standard InChI is InChI=1S/C26H34N2O4S/c1-20-15-21(2)18-28(17-20)33(30,31)25-10-6-7-23(16-25)26(29)27-13-11-22(12-14-27)19-32-24-8-4-3-5-9-24/h3-10,16,20-22H,11-15,17-19H2,1-2H3. The highest BCUT2D eigenvalue weighted by Gasteiger charge is 2.32. The van der Waals surface area contributed by atoms with E-state index in [4.69, 9.17) is 4.74 Å². The van der Waals surface area contributed by atoms with Crippen molar-refractivity contribution in [3.8, 4) is 5.75 Å². The summed E-state index contributed by atoms with van der Waals surface area (Å²) in [7, 11) is -3.61. The van der Waals surface area contributed by atoms with Gasteiger partial charge in [0.05, 0.1) is 11.5 Å². The number of rotatable bonds is 6. The van der Waals surface area contributed by atoms with Crippen LogP contribution in [0.1, 0.15) is 43.5 Å². The van der Waals surface area contributed by atoms with E-state index >= 15 is 0 Å². The average molecular weight is 471 g/mol. The van der Waals surface area contributed by atoms with E-state index in [0.717, 1.165) is 25.0 Å². The van der Waals surface area contributed by atoms with E-state index in [2.05, 4.69) is 13.8 Å². The van der Waals surface area contributed by atoms with Crippen molar-refractivity contribution in [2.75, 3.05) is 32.8 Å². The zero-order valence-corrected chi connectivity index (χ0v) is 20.3. The minimum atomic E-state index is -3.61. The molecule has 0 aliphatic carbocycles. The van der Waals surface area contributed by atoms with E-state index in [-0.39, 0.29) is 10.8 Å². The lowest BCUT2D eigenvalue weighted by Gasteiger charge is -2.34. The number of carbonyl (C=O) groups is 1. The molecule has 0 bridgehead atoms. The first-order chi connectivity index (χ1) is 15.8. The van der Waals surface area contributed by atoms with Crippen molar-refractivity contribution in [1.29, 1.82) is 0 Å². The number of ether oxygens (including phenoxy) is 1. The van der Waals surface area contributed by atoms with Gasteiger partial charge in [-0.05, 0) is 67.3 Å². The molecule has 0 saturated carbocycles. The highest BCUT2D eigenvalue weighted by atomic mass is 32.2. The first-order valence-corrected chi connectivity index (χ1v) is 13.3. The van der Waals surface area contributed by atoms with Crippen molar-refractivity contribution in [3.63, 3.8) is 0 Å². The van der Waals surface area contributed by atoms with Crippen LogP contribution in [-0.4, -0.2) is 56.3 Å². The molecule has 2 aromatic carbocycles. The fourth-order valence-corrected chi connectivity index (χ4v) is 6.68. The summed E-state index contributed by atoms with van der Waals surface area (Å²) in [5, 5.41) is 0. The van der Waals surface area contributed by atoms with Gasteiger partial charge >= 0.3 is 0 Å². The average Bonchev–Trinajstić information content (AvgIpc) is 2.83. The zero-order valence-electron chi connectivity index (χ0n) is 19.5. The van der Waals surface area contributed by atoms with Gasteiger partial charge in [-0.25, -0.2) is 8.42 Å². The molecular weight excluding hydrogens is 436 g/mol. The van der Waals surface area contributed by atoms with Crippen LogP contribution >= 0.6 is 0 Å². The van der Waals surface area contributed by atoms with Crippen molar-refractivity contribution in [2.24, 2.45) is 17.8 Å². The summed E-state index contributed by atoms with van der Waals surface area (Å²) in [6.45, 7) is 7.19. The Hall–Kier alpha value is -2.38. The van der Waals surface area contributed by atoms with E-state index < -0.39 is 10.0 Å². The molecule has 2 aliphatic rings. The number of likely N-dealkylation sites (tertiary alicyclic amines) is 1. The van der Waals surface area contributed by atoms with Gasteiger partial charge in [0, 0.05) is 31.7 Å². The third-order valence-corrected chi connectivity index (χ3v) is 8.51. The number of carbonyl (C=O) groups excluding carboxylic acids is 1. The number of sulfonamides is 1. The van der Waals surface area contributed by atoms with Crippen molar-refractivity contribution in [3.05, 3.63) is 60.2 Å². The summed E-state index contributed by atoms with van der Waals surface area (Å²) < 4.78 is 34.0. The molecule has 33 heavy (non-hydrogen) atoms. The lowest BCUT2D eigenvalue weighted by atomic mass is 9.94. The molecule has 2 atom stereocenters. The van der Waals surface area contributed by atoms with Gasteiger partial charge in [-0.3, -0.25) is 4.79 Å². The van der Waals surface area contributed by atoms with Gasteiger partial charge in [-0.1, -0.05) is 38.1 Å². The van der Waals surface area contributed by atoms with E-state index in [1.165, 1.54) is 0 Å². The number of nitrogens with zero attached hydrogens (tertiary/aromatic N) is 2. The molecule has 2 unspecified atom stereocenters. The number of hydrogen-bond acceptors (Lipinski definition) is 4. The fourth-order valence-electron chi connectivity index (χ4n) is 4.96. The van der Waals surface area contributed by atoms with E-state index in [1.54, 1.807) is 28.6 Å². The molecule has 0 radical (unpaired) electrons. The normalized spacial score (nSPS) is 22.8. The predicted molar refractivity (Wildman–Crippen MR) is 129 cm³/mol. The second-order valence-corrected chi connectivity index (χ2v) is 11.6. The first kappa shape index (κ1) is 23.8. The largest absolute Gasteiger partial charge is 0.493 e. The van der Waals surface area contributed by atoms with Crippen molar-refractivity contribution in [1.82, 2.24) is 9.21 Å². The second kappa shape index (κ2) is 10.3. The van der Waals surface area contributed by atoms with Crippen LogP contribution in [0.2, 0.25) is 0 Å². The van der Waals surface area contributed by atoms with Crippen molar-refractivity contribution < 1.29 is 17.9 Å². The Morgan fingerprint density at radius 3 is 2.30 bits per heavy atom. The zero-order chi connectivity index (χ0) is 23.4. The maximum Gasteiger partial charge on any atom is 0.253 e. The number of hydrogen-bond donors (Lipinski definition) is 0. The summed E-state index contributed by atoms with van der Waals surface area (Å²) in [6, 6.07) is 16.3. The van der Waals surface area contributed by atoms with Gasteiger partial charge in [0.2, 0.25) is 10.0 Å². The van der Waals surface area contributed by atoms with Crippen LogP contribution < -0.4 is 4.74 Å². The maximum absolute atomic E-state index is 13.2. The number of piperidine rings is 2. The highest BCUT2D eigenvalue weighted by Crippen LogP contribution is 2.28. The molecule has 1 amide bonds. The molecule has 0 aromatic heterocycles. The Morgan fingerprint density at radius 1 is 0.970 bits per heavy atom. The number of amides is 1. The lowest BCUT2D eigenvalue weighted by molar-refractivity contribution is 0.0661. The van der Waals surface area contributed by atoms with Crippen LogP contribution in [0.25, 0.3) is 0 Å². The number of benzene rings is 2. The van der Waals surface area contributed by atoms with Crippen LogP contribution in [0.3, 0.4) is 0 Å². The molecule has 0 N–H and O–H groups in total.